The molecule has 7 heteroatoms. The number of nitrogens with zero attached hydrogens (tertiary/aromatic N) is 2. The summed E-state index contributed by atoms with van der Waals surface area (Å²) in [7, 11) is -3.83. The minimum atomic E-state index is -3.83. The number of benzene rings is 2. The highest BCUT2D eigenvalue weighted by atomic mass is 32.2. The minimum Gasteiger partial charge on any atom is -0.258 e. The maximum atomic E-state index is 12.4. The van der Waals surface area contributed by atoms with Crippen LogP contribution in [-0.4, -0.2) is 19.6 Å². The van der Waals surface area contributed by atoms with Crippen LogP contribution in [0.5, 0.6) is 0 Å². The molecule has 0 saturated carbocycles. The third-order valence-electron chi connectivity index (χ3n) is 3.31. The van der Waals surface area contributed by atoms with Gasteiger partial charge in [0.2, 0.25) is 0 Å². The Balaban J connectivity index is 2.36. The summed E-state index contributed by atoms with van der Waals surface area (Å²) in [5, 5.41) is 10.6. The standard InChI is InChI=1S/C16H16N2O4S/c1-11-8-12(2)16(13(3)9-11)23(21,22)17-10-14-4-6-15(7-5-14)18(19)20/h4-10H,1-3H3/b17-10+. The van der Waals surface area contributed by atoms with Crippen molar-refractivity contribution in [1.29, 1.82) is 0 Å². The fraction of sp³-hybridized carbons (Fsp3) is 0.188. The van der Waals surface area contributed by atoms with E-state index >= 15 is 0 Å². The van der Waals surface area contributed by atoms with E-state index in [1.54, 1.807) is 26.0 Å². The molecule has 0 fully saturated rings. The zero-order valence-corrected chi connectivity index (χ0v) is 13.8. The molecule has 0 heterocycles. The maximum absolute atomic E-state index is 12.4. The van der Waals surface area contributed by atoms with Crippen LogP contribution in [0.4, 0.5) is 5.69 Å². The Morgan fingerprint density at radius 3 is 2.04 bits per heavy atom. The van der Waals surface area contributed by atoms with Gasteiger partial charge in [0.15, 0.2) is 0 Å². The molecule has 120 valence electrons. The van der Waals surface area contributed by atoms with Crippen molar-refractivity contribution in [2.75, 3.05) is 0 Å². The maximum Gasteiger partial charge on any atom is 0.282 e. The van der Waals surface area contributed by atoms with Crippen LogP contribution in [-0.2, 0) is 10.0 Å². The predicted octanol–water partition coefficient (Wildman–Crippen LogP) is 3.33. The largest absolute Gasteiger partial charge is 0.282 e. The minimum absolute atomic E-state index is 0.0600. The Kier molecular flexibility index (Phi) is 4.60. The molecule has 6 nitrogen and oxygen atoms in total. The van der Waals surface area contributed by atoms with Gasteiger partial charge in [-0.15, -0.1) is 0 Å². The summed E-state index contributed by atoms with van der Waals surface area (Å²) in [6.45, 7) is 5.36. The lowest BCUT2D eigenvalue weighted by molar-refractivity contribution is -0.384. The van der Waals surface area contributed by atoms with Crippen LogP contribution in [0.2, 0.25) is 0 Å². The van der Waals surface area contributed by atoms with Crippen LogP contribution in [0.25, 0.3) is 0 Å². The second kappa shape index (κ2) is 6.29. The highest BCUT2D eigenvalue weighted by Gasteiger charge is 2.18. The number of rotatable bonds is 4. The van der Waals surface area contributed by atoms with Crippen molar-refractivity contribution < 1.29 is 13.3 Å². The van der Waals surface area contributed by atoms with Gasteiger partial charge in [0.1, 0.15) is 0 Å². The van der Waals surface area contributed by atoms with Gasteiger partial charge in [-0.1, -0.05) is 17.7 Å². The van der Waals surface area contributed by atoms with Crippen molar-refractivity contribution in [2.24, 2.45) is 4.40 Å². The molecular weight excluding hydrogens is 316 g/mol. The summed E-state index contributed by atoms with van der Waals surface area (Å²) in [5.41, 5.74) is 2.68. The van der Waals surface area contributed by atoms with Crippen LogP contribution in [0.1, 0.15) is 22.3 Å². The quantitative estimate of drug-likeness (QED) is 0.488. The van der Waals surface area contributed by atoms with Crippen LogP contribution in [0.15, 0.2) is 45.7 Å². The molecule has 0 atom stereocenters. The molecule has 0 N–H and O–H groups in total. The monoisotopic (exact) mass is 332 g/mol. The van der Waals surface area contributed by atoms with Gasteiger partial charge in [0.05, 0.1) is 9.82 Å². The van der Waals surface area contributed by atoms with E-state index in [0.717, 1.165) is 5.56 Å². The van der Waals surface area contributed by atoms with Gasteiger partial charge in [0, 0.05) is 18.3 Å². The third-order valence-corrected chi connectivity index (χ3v) is 4.85. The molecule has 0 radical (unpaired) electrons. The van der Waals surface area contributed by atoms with Gasteiger partial charge in [-0.2, -0.15) is 12.8 Å². The first kappa shape index (κ1) is 16.8. The van der Waals surface area contributed by atoms with Gasteiger partial charge in [-0.3, -0.25) is 10.1 Å². The van der Waals surface area contributed by atoms with E-state index in [9.17, 15) is 18.5 Å². The fourth-order valence-electron chi connectivity index (χ4n) is 2.44. The van der Waals surface area contributed by atoms with E-state index in [0.29, 0.717) is 16.7 Å². The van der Waals surface area contributed by atoms with Crippen molar-refractivity contribution in [3.05, 3.63) is 68.8 Å². The van der Waals surface area contributed by atoms with Crippen molar-refractivity contribution >= 4 is 21.9 Å². The number of hydrogen-bond donors (Lipinski definition) is 0. The van der Waals surface area contributed by atoms with Gasteiger partial charge < -0.3 is 0 Å². The van der Waals surface area contributed by atoms with Crippen LogP contribution >= 0.6 is 0 Å². The van der Waals surface area contributed by atoms with E-state index in [1.165, 1.54) is 30.5 Å². The van der Waals surface area contributed by atoms with Crippen LogP contribution in [0, 0.1) is 30.9 Å². The summed E-state index contributed by atoms with van der Waals surface area (Å²) in [6, 6.07) is 9.09. The highest BCUT2D eigenvalue weighted by Crippen LogP contribution is 2.23. The Hall–Kier alpha value is -2.54. The third kappa shape index (κ3) is 3.81. The van der Waals surface area contributed by atoms with Gasteiger partial charge in [-0.25, -0.2) is 0 Å². The zero-order valence-electron chi connectivity index (χ0n) is 13.0. The molecular formula is C16H16N2O4S. The summed E-state index contributed by atoms with van der Waals surface area (Å²) in [4.78, 5) is 10.3. The smallest absolute Gasteiger partial charge is 0.258 e. The SMILES string of the molecule is Cc1cc(C)c(S(=O)(=O)/N=C/c2ccc([N+](=O)[O-])cc2)c(C)c1. The van der Waals surface area contributed by atoms with E-state index in [-0.39, 0.29) is 10.6 Å². The summed E-state index contributed by atoms with van der Waals surface area (Å²) < 4.78 is 28.6. The van der Waals surface area contributed by atoms with Crippen molar-refractivity contribution in [3.63, 3.8) is 0 Å². The van der Waals surface area contributed by atoms with Crippen molar-refractivity contribution in [1.82, 2.24) is 0 Å². The number of nitro groups is 1. The predicted molar refractivity (Wildman–Crippen MR) is 88.5 cm³/mol. The summed E-state index contributed by atoms with van der Waals surface area (Å²) in [5.74, 6) is 0. The zero-order chi connectivity index (χ0) is 17.2. The molecule has 23 heavy (non-hydrogen) atoms. The molecule has 2 rings (SSSR count). The number of nitro benzene ring substituents is 1. The molecule has 2 aromatic carbocycles. The average Bonchev–Trinajstić information content (AvgIpc) is 2.44. The Morgan fingerprint density at radius 2 is 1.57 bits per heavy atom. The first-order valence-electron chi connectivity index (χ1n) is 6.83. The molecule has 0 aliphatic carbocycles. The number of aryl methyl sites for hydroxylation is 3. The van der Waals surface area contributed by atoms with Gasteiger partial charge in [0.25, 0.3) is 15.7 Å². The molecule has 0 saturated heterocycles. The van der Waals surface area contributed by atoms with E-state index in [2.05, 4.69) is 4.40 Å². The lowest BCUT2D eigenvalue weighted by Gasteiger charge is -2.08. The lowest BCUT2D eigenvalue weighted by atomic mass is 10.1. The van der Waals surface area contributed by atoms with Crippen molar-refractivity contribution in [2.45, 2.75) is 25.7 Å². The van der Waals surface area contributed by atoms with Gasteiger partial charge in [-0.05, 0) is 49.6 Å². The molecule has 0 amide bonds. The molecule has 0 bridgehead atoms. The molecule has 0 aromatic heterocycles. The first-order chi connectivity index (χ1) is 10.7. The van der Waals surface area contributed by atoms with E-state index in [4.69, 9.17) is 0 Å². The molecule has 0 aliphatic heterocycles. The number of sulfonamides is 1. The number of hydrogen-bond acceptors (Lipinski definition) is 4. The van der Waals surface area contributed by atoms with Gasteiger partial charge >= 0.3 is 0 Å². The highest BCUT2D eigenvalue weighted by molar-refractivity contribution is 7.90. The summed E-state index contributed by atoms with van der Waals surface area (Å²) in [6.07, 6.45) is 1.19. The Morgan fingerprint density at radius 1 is 1.04 bits per heavy atom. The second-order valence-electron chi connectivity index (χ2n) is 5.29. The molecule has 0 aliphatic rings. The molecule has 2 aromatic rings. The Bertz CT molecular complexity index is 862. The molecule has 0 spiro atoms. The normalized spacial score (nSPS) is 11.8. The topological polar surface area (TPSA) is 89.6 Å². The lowest BCUT2D eigenvalue weighted by Crippen LogP contribution is -2.04. The van der Waals surface area contributed by atoms with Crippen LogP contribution in [0.3, 0.4) is 0 Å². The fourth-order valence-corrected chi connectivity index (χ4v) is 3.74. The number of non-ortho nitro benzene ring substituents is 1. The van der Waals surface area contributed by atoms with E-state index in [1.807, 2.05) is 6.92 Å². The summed E-state index contributed by atoms with van der Waals surface area (Å²) >= 11 is 0. The van der Waals surface area contributed by atoms with Crippen molar-refractivity contribution in [3.8, 4) is 0 Å². The van der Waals surface area contributed by atoms with Crippen LogP contribution < -0.4 is 0 Å². The average molecular weight is 332 g/mol. The second-order valence-corrected chi connectivity index (χ2v) is 6.86. The first-order valence-corrected chi connectivity index (χ1v) is 8.27. The molecule has 0 unspecified atom stereocenters. The van der Waals surface area contributed by atoms with E-state index < -0.39 is 14.9 Å². The Labute approximate surface area is 134 Å².